The summed E-state index contributed by atoms with van der Waals surface area (Å²) in [6.07, 6.45) is 0. The van der Waals surface area contributed by atoms with Crippen molar-refractivity contribution in [3.63, 3.8) is 0 Å². The molecule has 24 heavy (non-hydrogen) atoms. The second kappa shape index (κ2) is 6.63. The molecule has 3 aromatic rings. The Morgan fingerprint density at radius 1 is 1.12 bits per heavy atom. The fourth-order valence-electron chi connectivity index (χ4n) is 2.89. The fourth-order valence-corrected chi connectivity index (χ4v) is 3.06. The van der Waals surface area contributed by atoms with Gasteiger partial charge in [0.25, 0.3) is 0 Å². The highest BCUT2D eigenvalue weighted by Crippen LogP contribution is 2.31. The van der Waals surface area contributed by atoms with Crippen molar-refractivity contribution in [1.82, 2.24) is 14.8 Å². The first kappa shape index (κ1) is 15.2. The number of rotatable bonds is 4. The van der Waals surface area contributed by atoms with E-state index in [1.165, 1.54) is 0 Å². The lowest BCUT2D eigenvalue weighted by Crippen LogP contribution is -2.19. The molecule has 122 valence electrons. The first-order chi connectivity index (χ1) is 11.8. The van der Waals surface area contributed by atoms with Gasteiger partial charge in [0.15, 0.2) is 11.6 Å². The molecule has 2 aromatic carbocycles. The van der Waals surface area contributed by atoms with Crippen LogP contribution in [0.2, 0.25) is 5.02 Å². The van der Waals surface area contributed by atoms with Gasteiger partial charge in [-0.3, -0.25) is 0 Å². The van der Waals surface area contributed by atoms with Crippen molar-refractivity contribution < 1.29 is 4.74 Å². The number of nitrogens with zero attached hydrogens (tertiary/aromatic N) is 3. The molecule has 0 aliphatic carbocycles. The van der Waals surface area contributed by atoms with Crippen molar-refractivity contribution in [1.29, 1.82) is 0 Å². The minimum absolute atomic E-state index is 0.531. The predicted molar refractivity (Wildman–Crippen MR) is 93.9 cm³/mol. The van der Waals surface area contributed by atoms with Gasteiger partial charge in [-0.2, -0.15) is 0 Å². The van der Waals surface area contributed by atoms with Gasteiger partial charge in [0, 0.05) is 22.8 Å². The number of hydrogen-bond acceptors (Lipinski definition) is 4. The average Bonchev–Trinajstić information content (AvgIpc) is 3.05. The van der Waals surface area contributed by atoms with Crippen molar-refractivity contribution in [2.24, 2.45) is 0 Å². The number of halogens is 1. The molecule has 0 spiro atoms. The molecule has 1 aliphatic heterocycles. The number of ether oxygens (including phenoxy) is 1. The standard InChI is InChI=1S/C18H17ClN4O/c19-14-6-7-16(15(10-14)13-4-2-1-3-5-13)20-11-17-21-22-18-12-24-9-8-23(17)18/h1-7,10,20H,8-9,11-12H2. The van der Waals surface area contributed by atoms with Crippen LogP contribution in [-0.4, -0.2) is 21.4 Å². The summed E-state index contributed by atoms with van der Waals surface area (Å²) in [6.45, 7) is 2.64. The van der Waals surface area contributed by atoms with Crippen LogP contribution >= 0.6 is 11.6 Å². The Morgan fingerprint density at radius 2 is 2.00 bits per heavy atom. The normalized spacial score (nSPS) is 13.5. The molecule has 0 bridgehead atoms. The quantitative estimate of drug-likeness (QED) is 0.786. The summed E-state index contributed by atoms with van der Waals surface area (Å²) in [7, 11) is 0. The average molecular weight is 341 g/mol. The third kappa shape index (κ3) is 3.00. The molecule has 0 unspecified atom stereocenters. The highest BCUT2D eigenvalue weighted by atomic mass is 35.5. The molecule has 2 heterocycles. The van der Waals surface area contributed by atoms with Crippen LogP contribution < -0.4 is 5.32 Å². The van der Waals surface area contributed by atoms with Gasteiger partial charge in [-0.25, -0.2) is 0 Å². The largest absolute Gasteiger partial charge is 0.377 e. The van der Waals surface area contributed by atoms with Crippen molar-refractivity contribution in [3.05, 3.63) is 65.2 Å². The molecule has 0 fully saturated rings. The summed E-state index contributed by atoms with van der Waals surface area (Å²) in [5.41, 5.74) is 3.22. The fraction of sp³-hybridized carbons (Fsp3) is 0.222. The maximum Gasteiger partial charge on any atom is 0.159 e. The van der Waals surface area contributed by atoms with Crippen LogP contribution in [0.3, 0.4) is 0 Å². The number of hydrogen-bond donors (Lipinski definition) is 1. The third-order valence-corrected chi connectivity index (χ3v) is 4.33. The van der Waals surface area contributed by atoms with Crippen LogP contribution in [0.5, 0.6) is 0 Å². The van der Waals surface area contributed by atoms with Crippen LogP contribution in [0.1, 0.15) is 11.6 Å². The number of anilines is 1. The van der Waals surface area contributed by atoms with Crippen molar-refractivity contribution in [2.75, 3.05) is 11.9 Å². The first-order valence-electron chi connectivity index (χ1n) is 7.89. The van der Waals surface area contributed by atoms with Gasteiger partial charge in [0.2, 0.25) is 0 Å². The van der Waals surface area contributed by atoms with E-state index >= 15 is 0 Å². The second-order valence-corrected chi connectivity index (χ2v) is 6.08. The summed E-state index contributed by atoms with van der Waals surface area (Å²) in [5.74, 6) is 1.81. The molecule has 1 N–H and O–H groups in total. The SMILES string of the molecule is Clc1ccc(NCc2nnc3n2CCOC3)c(-c2ccccc2)c1. The molecule has 0 radical (unpaired) electrons. The summed E-state index contributed by atoms with van der Waals surface area (Å²) < 4.78 is 7.52. The summed E-state index contributed by atoms with van der Waals surface area (Å²) in [6, 6.07) is 16.1. The van der Waals surface area contributed by atoms with Crippen LogP contribution in [-0.2, 0) is 24.4 Å². The van der Waals surface area contributed by atoms with Gasteiger partial charge in [-0.1, -0.05) is 41.9 Å². The minimum Gasteiger partial charge on any atom is -0.377 e. The Hall–Kier alpha value is -2.37. The van der Waals surface area contributed by atoms with Gasteiger partial charge in [-0.05, 0) is 23.8 Å². The van der Waals surface area contributed by atoms with Crippen molar-refractivity contribution in [3.8, 4) is 11.1 Å². The maximum atomic E-state index is 6.19. The maximum absolute atomic E-state index is 6.19. The second-order valence-electron chi connectivity index (χ2n) is 5.65. The highest BCUT2D eigenvalue weighted by Gasteiger charge is 2.16. The molecule has 6 heteroatoms. The molecular formula is C18H17ClN4O. The smallest absolute Gasteiger partial charge is 0.159 e. The monoisotopic (exact) mass is 340 g/mol. The van der Waals surface area contributed by atoms with E-state index in [0.29, 0.717) is 19.8 Å². The zero-order chi connectivity index (χ0) is 16.4. The summed E-state index contributed by atoms with van der Waals surface area (Å²) in [5, 5.41) is 12.7. The summed E-state index contributed by atoms with van der Waals surface area (Å²) in [4.78, 5) is 0. The molecule has 0 amide bonds. The van der Waals surface area contributed by atoms with Gasteiger partial charge < -0.3 is 14.6 Å². The number of benzene rings is 2. The zero-order valence-corrected chi connectivity index (χ0v) is 13.8. The molecule has 0 atom stereocenters. The van der Waals surface area contributed by atoms with Gasteiger partial charge >= 0.3 is 0 Å². The first-order valence-corrected chi connectivity index (χ1v) is 8.26. The van der Waals surface area contributed by atoms with Crippen LogP contribution in [0.15, 0.2) is 48.5 Å². The lowest BCUT2D eigenvalue weighted by Gasteiger charge is -2.17. The molecule has 0 saturated heterocycles. The van der Waals surface area contributed by atoms with Gasteiger partial charge in [-0.15, -0.1) is 10.2 Å². The van der Waals surface area contributed by atoms with E-state index in [2.05, 4.69) is 32.2 Å². The number of fused-ring (bicyclic) bond motifs is 1. The molecule has 1 aromatic heterocycles. The molecular weight excluding hydrogens is 324 g/mol. The lowest BCUT2D eigenvalue weighted by molar-refractivity contribution is 0.0807. The number of aromatic nitrogens is 3. The van der Waals surface area contributed by atoms with Crippen LogP contribution in [0, 0.1) is 0 Å². The summed E-state index contributed by atoms with van der Waals surface area (Å²) >= 11 is 6.19. The van der Waals surface area contributed by atoms with Gasteiger partial charge in [0.1, 0.15) is 6.61 Å². The van der Waals surface area contributed by atoms with E-state index in [-0.39, 0.29) is 0 Å². The molecule has 5 nitrogen and oxygen atoms in total. The Kier molecular flexibility index (Phi) is 4.19. The Morgan fingerprint density at radius 3 is 2.88 bits per heavy atom. The van der Waals surface area contributed by atoms with E-state index in [1.807, 2.05) is 36.4 Å². The van der Waals surface area contributed by atoms with Crippen molar-refractivity contribution >= 4 is 17.3 Å². The number of nitrogens with one attached hydrogen (secondary N) is 1. The van der Waals surface area contributed by atoms with E-state index < -0.39 is 0 Å². The zero-order valence-electron chi connectivity index (χ0n) is 13.1. The topological polar surface area (TPSA) is 52.0 Å². The Labute approximate surface area is 145 Å². The van der Waals surface area contributed by atoms with E-state index in [9.17, 15) is 0 Å². The molecule has 0 saturated carbocycles. The predicted octanol–water partition coefficient (Wildman–Crippen LogP) is 3.74. The van der Waals surface area contributed by atoms with E-state index in [1.54, 1.807) is 0 Å². The van der Waals surface area contributed by atoms with E-state index in [0.717, 1.165) is 40.0 Å². The van der Waals surface area contributed by atoms with Crippen LogP contribution in [0.4, 0.5) is 5.69 Å². The minimum atomic E-state index is 0.531. The third-order valence-electron chi connectivity index (χ3n) is 4.10. The van der Waals surface area contributed by atoms with Crippen molar-refractivity contribution in [2.45, 2.75) is 19.7 Å². The molecule has 4 rings (SSSR count). The lowest BCUT2D eigenvalue weighted by atomic mass is 10.0. The Balaban J connectivity index is 1.60. The van der Waals surface area contributed by atoms with Gasteiger partial charge in [0.05, 0.1) is 13.2 Å². The molecule has 1 aliphatic rings. The Bertz CT molecular complexity index is 847. The highest BCUT2D eigenvalue weighted by molar-refractivity contribution is 6.31. The van der Waals surface area contributed by atoms with E-state index in [4.69, 9.17) is 16.3 Å². The van der Waals surface area contributed by atoms with Crippen LogP contribution in [0.25, 0.3) is 11.1 Å².